The highest BCUT2D eigenvalue weighted by atomic mass is 35.5. The lowest BCUT2D eigenvalue weighted by Crippen LogP contribution is -1.83. The molecule has 14 heavy (non-hydrogen) atoms. The van der Waals surface area contributed by atoms with E-state index in [1.807, 2.05) is 6.92 Å². The quantitative estimate of drug-likeness (QED) is 0.741. The molecule has 0 aliphatic rings. The Balaban J connectivity index is 2.68. The molecule has 1 heterocycles. The number of halogens is 2. The summed E-state index contributed by atoms with van der Waals surface area (Å²) in [5.41, 5.74) is 2.12. The molecule has 4 heteroatoms. The second-order valence-corrected chi connectivity index (χ2v) is 3.67. The number of nitrogens with zero attached hydrogens (tertiary/aromatic N) is 1. The first kappa shape index (κ1) is 9.56. The summed E-state index contributed by atoms with van der Waals surface area (Å²) in [6.45, 7) is 1.84. The second-order valence-electron chi connectivity index (χ2n) is 2.85. The lowest BCUT2D eigenvalue weighted by atomic mass is 10.1. The summed E-state index contributed by atoms with van der Waals surface area (Å²) in [7, 11) is 0. The van der Waals surface area contributed by atoms with Crippen LogP contribution in [0, 0.1) is 13.2 Å². The first-order valence-electron chi connectivity index (χ1n) is 3.98. The maximum atomic E-state index is 6.01. The molecule has 2 nitrogen and oxygen atoms in total. The van der Waals surface area contributed by atoms with Crippen molar-refractivity contribution in [1.29, 1.82) is 0 Å². The molecular formula is C10H6Cl2NO. The topological polar surface area (TPSA) is 26.0 Å². The molecule has 0 saturated carbocycles. The highest BCUT2D eigenvalue weighted by Crippen LogP contribution is 2.34. The monoisotopic (exact) mass is 226 g/mol. The van der Waals surface area contributed by atoms with E-state index in [1.165, 1.54) is 0 Å². The molecule has 1 aromatic heterocycles. The van der Waals surface area contributed by atoms with E-state index in [9.17, 15) is 0 Å². The van der Waals surface area contributed by atoms with Crippen LogP contribution in [0.3, 0.4) is 0 Å². The molecule has 2 aromatic rings. The SMILES string of the molecule is Cc1[c]onc1-c1c(Cl)cccc1Cl. The predicted molar refractivity (Wildman–Crippen MR) is 55.5 cm³/mol. The molecule has 0 N–H and O–H groups in total. The van der Waals surface area contributed by atoms with E-state index in [1.54, 1.807) is 18.2 Å². The maximum Gasteiger partial charge on any atom is 0.208 e. The number of hydrogen-bond donors (Lipinski definition) is 0. The van der Waals surface area contributed by atoms with Crippen LogP contribution in [0.2, 0.25) is 10.0 Å². The van der Waals surface area contributed by atoms with Crippen molar-refractivity contribution >= 4 is 23.2 Å². The summed E-state index contributed by atoms with van der Waals surface area (Å²) in [5, 5.41) is 4.92. The van der Waals surface area contributed by atoms with E-state index < -0.39 is 0 Å². The van der Waals surface area contributed by atoms with Crippen LogP contribution in [0.1, 0.15) is 5.56 Å². The van der Waals surface area contributed by atoms with E-state index >= 15 is 0 Å². The zero-order valence-corrected chi connectivity index (χ0v) is 8.86. The van der Waals surface area contributed by atoms with Crippen molar-refractivity contribution in [2.45, 2.75) is 6.92 Å². The normalized spacial score (nSPS) is 10.5. The fourth-order valence-corrected chi connectivity index (χ4v) is 1.79. The third-order valence-electron chi connectivity index (χ3n) is 1.89. The zero-order chi connectivity index (χ0) is 10.1. The molecule has 0 fully saturated rings. The van der Waals surface area contributed by atoms with Crippen molar-refractivity contribution < 1.29 is 4.52 Å². The van der Waals surface area contributed by atoms with Gasteiger partial charge in [-0.25, -0.2) is 0 Å². The summed E-state index contributed by atoms with van der Waals surface area (Å²) in [6, 6.07) is 5.31. The minimum absolute atomic E-state index is 0.558. The van der Waals surface area contributed by atoms with E-state index in [4.69, 9.17) is 27.7 Å². The van der Waals surface area contributed by atoms with Crippen LogP contribution in [0.25, 0.3) is 11.3 Å². The molecule has 1 aromatic carbocycles. The average molecular weight is 227 g/mol. The number of benzene rings is 1. The summed E-state index contributed by atoms with van der Waals surface area (Å²) in [5.74, 6) is 0. The summed E-state index contributed by atoms with van der Waals surface area (Å²) in [4.78, 5) is 0. The Bertz CT molecular complexity index is 445. The fraction of sp³-hybridized carbons (Fsp3) is 0.100. The van der Waals surface area contributed by atoms with Gasteiger partial charge in [-0.15, -0.1) is 0 Å². The van der Waals surface area contributed by atoms with Gasteiger partial charge in [0.1, 0.15) is 5.69 Å². The highest BCUT2D eigenvalue weighted by Gasteiger charge is 2.14. The molecule has 71 valence electrons. The van der Waals surface area contributed by atoms with Crippen molar-refractivity contribution in [3.05, 3.63) is 40.1 Å². The molecule has 2 rings (SSSR count). The van der Waals surface area contributed by atoms with Crippen LogP contribution in [0.4, 0.5) is 0 Å². The van der Waals surface area contributed by atoms with Gasteiger partial charge >= 0.3 is 0 Å². The van der Waals surface area contributed by atoms with E-state index in [0.29, 0.717) is 21.3 Å². The van der Waals surface area contributed by atoms with Gasteiger partial charge in [-0.1, -0.05) is 34.4 Å². The fourth-order valence-electron chi connectivity index (χ4n) is 1.21. The number of hydrogen-bond acceptors (Lipinski definition) is 2. The lowest BCUT2D eigenvalue weighted by Gasteiger charge is -2.02. The Morgan fingerprint density at radius 1 is 1.29 bits per heavy atom. The van der Waals surface area contributed by atoms with Crippen LogP contribution >= 0.6 is 23.2 Å². The van der Waals surface area contributed by atoms with Crippen molar-refractivity contribution in [1.82, 2.24) is 5.16 Å². The van der Waals surface area contributed by atoms with Gasteiger partial charge in [-0.3, -0.25) is 0 Å². The van der Waals surface area contributed by atoms with Crippen molar-refractivity contribution in [3.63, 3.8) is 0 Å². The second kappa shape index (κ2) is 3.64. The van der Waals surface area contributed by atoms with Gasteiger partial charge in [0.15, 0.2) is 0 Å². The third-order valence-corrected chi connectivity index (χ3v) is 2.52. The Morgan fingerprint density at radius 2 is 1.93 bits per heavy atom. The third kappa shape index (κ3) is 1.51. The first-order chi connectivity index (χ1) is 6.70. The Morgan fingerprint density at radius 3 is 2.43 bits per heavy atom. The van der Waals surface area contributed by atoms with Crippen LogP contribution in [0.15, 0.2) is 22.7 Å². The zero-order valence-electron chi connectivity index (χ0n) is 7.34. The molecule has 0 aliphatic heterocycles. The average Bonchev–Trinajstić information content (AvgIpc) is 2.52. The highest BCUT2D eigenvalue weighted by molar-refractivity contribution is 6.39. The smallest absolute Gasteiger partial charge is 0.208 e. The molecule has 0 amide bonds. The minimum atomic E-state index is 0.558. The first-order valence-corrected chi connectivity index (χ1v) is 4.74. The van der Waals surface area contributed by atoms with E-state index in [2.05, 4.69) is 11.4 Å². The summed E-state index contributed by atoms with van der Waals surface area (Å²) in [6.07, 6.45) is 2.62. The molecule has 1 radical (unpaired) electrons. The van der Waals surface area contributed by atoms with Crippen LogP contribution in [0.5, 0.6) is 0 Å². The Hall–Kier alpha value is -0.990. The van der Waals surface area contributed by atoms with E-state index in [-0.39, 0.29) is 0 Å². The van der Waals surface area contributed by atoms with Gasteiger partial charge in [-0.2, -0.15) is 0 Å². The molecular weight excluding hydrogens is 221 g/mol. The van der Waals surface area contributed by atoms with Crippen LogP contribution < -0.4 is 0 Å². The predicted octanol–water partition coefficient (Wildman–Crippen LogP) is 3.76. The standard InChI is InChI=1S/C10H6Cl2NO/c1-6-5-14-13-10(6)9-7(11)3-2-4-8(9)12/h2-4H,1H3. The molecule has 0 unspecified atom stereocenters. The van der Waals surface area contributed by atoms with Crippen molar-refractivity contribution in [3.8, 4) is 11.3 Å². The molecule has 0 aliphatic carbocycles. The van der Waals surface area contributed by atoms with Crippen LogP contribution in [-0.4, -0.2) is 5.16 Å². The van der Waals surface area contributed by atoms with E-state index in [0.717, 1.165) is 5.56 Å². The summed E-state index contributed by atoms with van der Waals surface area (Å²) < 4.78 is 4.72. The van der Waals surface area contributed by atoms with Crippen LogP contribution in [-0.2, 0) is 0 Å². The molecule has 0 bridgehead atoms. The summed E-state index contributed by atoms with van der Waals surface area (Å²) >= 11 is 12.0. The van der Waals surface area contributed by atoms with Crippen molar-refractivity contribution in [2.24, 2.45) is 0 Å². The van der Waals surface area contributed by atoms with Gasteiger partial charge in [-0.05, 0) is 19.1 Å². The van der Waals surface area contributed by atoms with Gasteiger partial charge < -0.3 is 4.52 Å². The molecule has 0 atom stereocenters. The Kier molecular flexibility index (Phi) is 2.48. The Labute approximate surface area is 91.4 Å². The minimum Gasteiger partial charge on any atom is -0.352 e. The molecule has 0 spiro atoms. The maximum absolute atomic E-state index is 6.01. The van der Waals surface area contributed by atoms with Gasteiger partial charge in [0.2, 0.25) is 6.26 Å². The van der Waals surface area contributed by atoms with Gasteiger partial charge in [0.05, 0.1) is 10.0 Å². The van der Waals surface area contributed by atoms with Gasteiger partial charge in [0, 0.05) is 11.1 Å². The number of aromatic nitrogens is 1. The number of rotatable bonds is 1. The van der Waals surface area contributed by atoms with Gasteiger partial charge in [0.25, 0.3) is 0 Å². The largest absolute Gasteiger partial charge is 0.352 e. The van der Waals surface area contributed by atoms with Crippen molar-refractivity contribution in [2.75, 3.05) is 0 Å². The number of aryl methyl sites for hydroxylation is 1. The lowest BCUT2D eigenvalue weighted by molar-refractivity contribution is 0.414. The molecule has 0 saturated heterocycles.